The first-order chi connectivity index (χ1) is 12.5. The number of carbonyl (C=O) groups excluding carboxylic acids is 1. The molecule has 1 aliphatic carbocycles. The fourth-order valence-electron chi connectivity index (χ4n) is 4.32. The summed E-state index contributed by atoms with van der Waals surface area (Å²) in [6.07, 6.45) is 4.97. The lowest BCUT2D eigenvalue weighted by Crippen LogP contribution is -2.52. The van der Waals surface area contributed by atoms with Crippen LogP contribution in [-0.2, 0) is 9.62 Å². The first kappa shape index (κ1) is 23.5. The van der Waals surface area contributed by atoms with E-state index in [9.17, 15) is 10.1 Å². The molecule has 2 N–H and O–H groups in total. The van der Waals surface area contributed by atoms with Crippen LogP contribution in [-0.4, -0.2) is 56.9 Å². The number of nitriles is 1. The molecule has 0 heterocycles. The summed E-state index contributed by atoms with van der Waals surface area (Å²) >= 11 is 0. The Kier molecular flexibility index (Phi) is 8.79. The highest BCUT2D eigenvalue weighted by atomic mass is 17.1. The minimum Gasteiger partial charge on any atom is -0.759 e. The number of nitrogens with zero attached hydrogens (tertiary/aromatic N) is 2. The summed E-state index contributed by atoms with van der Waals surface area (Å²) in [4.78, 5) is 16.0. The summed E-state index contributed by atoms with van der Waals surface area (Å²) in [6, 6.07) is -0.122. The molecule has 1 fully saturated rings. The van der Waals surface area contributed by atoms with Crippen LogP contribution in [0.3, 0.4) is 0 Å². The first-order valence-electron chi connectivity index (χ1n) is 9.48. The second-order valence-electron chi connectivity index (χ2n) is 9.47. The quantitative estimate of drug-likeness (QED) is 0.148. The molecule has 0 aromatic rings. The van der Waals surface area contributed by atoms with Crippen LogP contribution in [0.4, 0.5) is 4.79 Å². The molecule has 1 rings (SSSR count). The zero-order chi connectivity index (χ0) is 20.6. The average molecular weight is 384 g/mol. The van der Waals surface area contributed by atoms with Crippen molar-refractivity contribution in [2.24, 2.45) is 10.8 Å². The third-order valence-corrected chi connectivity index (χ3v) is 5.19. The molecule has 0 spiro atoms. The molecule has 156 valence electrons. The normalized spacial score (nSPS) is 24.7. The molecule has 0 aliphatic heterocycles. The summed E-state index contributed by atoms with van der Waals surface area (Å²) in [5.41, 5.74) is -0.0583. The van der Waals surface area contributed by atoms with E-state index in [4.69, 9.17) is 10.00 Å². The molecule has 2 atom stereocenters. The Bertz CT molecular complexity index is 518. The maximum Gasteiger partial charge on any atom is 0.315 e. The van der Waals surface area contributed by atoms with Crippen molar-refractivity contribution in [3.63, 3.8) is 0 Å². The number of likely N-dealkylation sites (N-methyl/N-ethyl adjacent to an activating group) is 1. The van der Waals surface area contributed by atoms with Gasteiger partial charge in [-0.2, -0.15) is 5.26 Å². The van der Waals surface area contributed by atoms with E-state index in [1.165, 1.54) is 6.61 Å². The molecular formula is C19H35N4O4-. The molecule has 0 aromatic heterocycles. The van der Waals surface area contributed by atoms with Crippen molar-refractivity contribution in [3.8, 4) is 6.26 Å². The number of hydrogen-bond acceptors (Lipinski definition) is 5. The highest BCUT2D eigenvalue weighted by Gasteiger charge is 2.42. The van der Waals surface area contributed by atoms with Gasteiger partial charge in [-0.1, -0.05) is 20.8 Å². The van der Waals surface area contributed by atoms with Crippen molar-refractivity contribution in [1.82, 2.24) is 10.6 Å². The average Bonchev–Trinajstić information content (AvgIpc) is 2.51. The molecule has 8 heteroatoms. The molecule has 0 bridgehead atoms. The van der Waals surface area contributed by atoms with Crippen molar-refractivity contribution >= 4 is 6.03 Å². The number of rotatable bonds is 10. The highest BCUT2D eigenvalue weighted by Crippen LogP contribution is 2.46. The largest absolute Gasteiger partial charge is 0.759 e. The van der Waals surface area contributed by atoms with Gasteiger partial charge >= 0.3 is 6.03 Å². The molecule has 1 saturated carbocycles. The van der Waals surface area contributed by atoms with E-state index < -0.39 is 0 Å². The Labute approximate surface area is 163 Å². The number of nitrogens with one attached hydrogen (secondary N) is 2. The summed E-state index contributed by atoms with van der Waals surface area (Å²) in [7, 11) is 4.09. The Hall–Kier alpha value is -1.56. The van der Waals surface area contributed by atoms with E-state index in [0.29, 0.717) is 24.1 Å². The van der Waals surface area contributed by atoms with E-state index >= 15 is 0 Å². The molecule has 8 nitrogen and oxygen atoms in total. The lowest BCUT2D eigenvalue weighted by molar-refractivity contribution is -0.889. The van der Waals surface area contributed by atoms with E-state index in [-0.39, 0.29) is 22.9 Å². The molecule has 0 aromatic carbocycles. The molecule has 2 unspecified atom stereocenters. The molecule has 0 saturated heterocycles. The van der Waals surface area contributed by atoms with Crippen molar-refractivity contribution in [1.29, 1.82) is 5.26 Å². The van der Waals surface area contributed by atoms with Gasteiger partial charge in [-0.25, -0.2) is 11.4 Å². The number of ether oxygens (including phenoxy) is 1. The second-order valence-corrected chi connectivity index (χ2v) is 9.47. The fourth-order valence-corrected chi connectivity index (χ4v) is 4.32. The zero-order valence-electron chi connectivity index (χ0n) is 17.3. The van der Waals surface area contributed by atoms with Crippen molar-refractivity contribution in [3.05, 3.63) is 6.61 Å². The lowest BCUT2D eigenvalue weighted by atomic mass is 9.63. The smallest absolute Gasteiger partial charge is 0.315 e. The van der Waals surface area contributed by atoms with E-state index in [1.807, 2.05) is 14.1 Å². The predicted octanol–water partition coefficient (Wildman–Crippen LogP) is 1.29. The summed E-state index contributed by atoms with van der Waals surface area (Å²) in [5.74, 6) is 0. The van der Waals surface area contributed by atoms with Gasteiger partial charge in [0.15, 0.2) is 0 Å². The van der Waals surface area contributed by atoms with Gasteiger partial charge in [0.2, 0.25) is 0 Å². The highest BCUT2D eigenvalue weighted by molar-refractivity contribution is 5.74. The predicted molar refractivity (Wildman–Crippen MR) is 99.5 cm³/mol. The summed E-state index contributed by atoms with van der Waals surface area (Å²) in [6.45, 7) is 10.2. The van der Waals surface area contributed by atoms with E-state index in [1.54, 1.807) is 6.26 Å². The van der Waals surface area contributed by atoms with Crippen LogP contribution in [0, 0.1) is 29.0 Å². The number of carbonyl (C=O) groups is 1. The van der Waals surface area contributed by atoms with Crippen molar-refractivity contribution in [2.45, 2.75) is 52.5 Å². The molecule has 1 aliphatic rings. The van der Waals surface area contributed by atoms with Crippen LogP contribution in [0.2, 0.25) is 0 Å². The third-order valence-electron chi connectivity index (χ3n) is 5.19. The number of quaternary nitrogens is 1. The van der Waals surface area contributed by atoms with Crippen LogP contribution in [0.25, 0.3) is 0 Å². The molecule has 27 heavy (non-hydrogen) atoms. The van der Waals surface area contributed by atoms with Crippen LogP contribution in [0.5, 0.6) is 0 Å². The number of amides is 2. The van der Waals surface area contributed by atoms with E-state index in [2.05, 4.69) is 36.3 Å². The first-order valence-corrected chi connectivity index (χ1v) is 9.48. The summed E-state index contributed by atoms with van der Waals surface area (Å²) < 4.78 is 5.69. The van der Waals surface area contributed by atoms with Crippen molar-refractivity contribution in [2.75, 3.05) is 40.3 Å². The Morgan fingerprint density at radius 2 is 2.04 bits per heavy atom. The van der Waals surface area contributed by atoms with Gasteiger partial charge in [0.25, 0.3) is 6.26 Å². The Morgan fingerprint density at radius 3 is 2.67 bits per heavy atom. The topological polar surface area (TPSA) is 106 Å². The summed E-state index contributed by atoms with van der Waals surface area (Å²) in [5, 5.41) is 24.7. The van der Waals surface area contributed by atoms with Crippen LogP contribution in [0.1, 0.15) is 46.5 Å². The van der Waals surface area contributed by atoms with Gasteiger partial charge < -0.3 is 30.0 Å². The monoisotopic (exact) mass is 383 g/mol. The van der Waals surface area contributed by atoms with Crippen LogP contribution >= 0.6 is 0 Å². The maximum absolute atomic E-state index is 12.3. The zero-order valence-corrected chi connectivity index (χ0v) is 17.3. The van der Waals surface area contributed by atoms with Crippen LogP contribution < -0.4 is 15.9 Å². The van der Waals surface area contributed by atoms with Crippen LogP contribution in [0.15, 0.2) is 0 Å². The maximum atomic E-state index is 12.3. The van der Waals surface area contributed by atoms with Crippen molar-refractivity contribution < 1.29 is 24.2 Å². The minimum atomic E-state index is -0.171. The van der Waals surface area contributed by atoms with Gasteiger partial charge in [-0.05, 0) is 24.7 Å². The third kappa shape index (κ3) is 9.27. The van der Waals surface area contributed by atoms with Gasteiger partial charge in [-0.3, -0.25) is 0 Å². The van der Waals surface area contributed by atoms with Gasteiger partial charge in [-0.15, -0.1) is 6.42 Å². The van der Waals surface area contributed by atoms with Gasteiger partial charge in [0.1, 0.15) is 6.61 Å². The minimum absolute atomic E-state index is 0.0485. The Morgan fingerprint density at radius 1 is 1.33 bits per heavy atom. The second kappa shape index (κ2) is 10.1. The fraction of sp³-hybridized carbons (Fsp3) is 0.842. The number of urea groups is 1. The van der Waals surface area contributed by atoms with Gasteiger partial charge in [0.05, 0.1) is 33.7 Å². The standard InChI is InChI=1S/C19H36N4O4/c1-18(2)11-16(12-19(3,13-18)14-26-15-20)22-17(24)21-7-9-23(4,5)8-6-10-27-25/h10,16,25H,6-9,11-14H2,1-5H3,(H2,21,22,24)/p-1. The molecular weight excluding hydrogens is 348 g/mol. The molecule has 2 amide bonds. The van der Waals surface area contributed by atoms with Gasteiger partial charge in [0, 0.05) is 11.5 Å². The SMILES string of the molecule is CC1(C)CC(NC(=O)NCC[N+](C)(C)CC[CH-]O[O-])CC(C)(COC#N)C1. The lowest BCUT2D eigenvalue weighted by Gasteiger charge is -2.46. The number of hydrogen-bond donors (Lipinski definition) is 2. The van der Waals surface area contributed by atoms with E-state index in [0.717, 1.165) is 32.4 Å². The Balaban J connectivity index is 2.45. The molecule has 0 radical (unpaired) electrons.